The predicted octanol–water partition coefficient (Wildman–Crippen LogP) is 1.91. The lowest BCUT2D eigenvalue weighted by molar-refractivity contribution is -0.250. The van der Waals surface area contributed by atoms with Crippen LogP contribution in [0, 0.1) is 23.0 Å². The van der Waals surface area contributed by atoms with Crippen molar-refractivity contribution in [3.05, 3.63) is 71.7 Å². The van der Waals surface area contributed by atoms with Gasteiger partial charge < -0.3 is 30.1 Å². The molecule has 2 unspecified atom stereocenters. The molecule has 0 radical (unpaired) electrons. The largest absolute Gasteiger partial charge is 0.462 e. The molecule has 5 N–H and O–H groups in total. The maximum Gasteiger partial charge on any atom is 0.228 e. The van der Waals surface area contributed by atoms with Gasteiger partial charge in [-0.2, -0.15) is 5.11 Å². The van der Waals surface area contributed by atoms with Crippen LogP contribution in [0.5, 0.6) is 5.75 Å². The number of nitrogens with one attached hydrogen (secondary N) is 2. The van der Waals surface area contributed by atoms with Gasteiger partial charge in [-0.3, -0.25) is 0 Å². The first-order valence-electron chi connectivity index (χ1n) is 9.18. The van der Waals surface area contributed by atoms with Crippen molar-refractivity contribution >= 4 is 5.70 Å². The average molecular weight is 439 g/mol. The van der Waals surface area contributed by atoms with Gasteiger partial charge in [0.15, 0.2) is 17.5 Å². The van der Waals surface area contributed by atoms with Crippen LogP contribution in [-0.4, -0.2) is 52.6 Å². The molecule has 1 saturated heterocycles. The Bertz CT molecular complexity index is 924. The van der Waals surface area contributed by atoms with Crippen LogP contribution in [0.25, 0.3) is 5.70 Å². The highest BCUT2D eigenvalue weighted by atomic mass is 19.2. The third kappa shape index (κ3) is 5.02. The van der Waals surface area contributed by atoms with Crippen LogP contribution in [0.15, 0.2) is 53.8 Å². The van der Waals surface area contributed by atoms with Gasteiger partial charge in [0.2, 0.25) is 6.29 Å². The summed E-state index contributed by atoms with van der Waals surface area (Å²) in [6.45, 7) is -0.589. The van der Waals surface area contributed by atoms with E-state index in [0.29, 0.717) is 17.9 Å². The first kappa shape index (κ1) is 22.7. The Hall–Kier alpha value is -2.99. The number of aliphatic hydroxyl groups is 3. The van der Waals surface area contributed by atoms with E-state index >= 15 is 0 Å². The second-order valence-corrected chi connectivity index (χ2v) is 6.73. The van der Waals surface area contributed by atoms with Gasteiger partial charge in [-0.15, -0.1) is 0 Å². The van der Waals surface area contributed by atoms with Crippen LogP contribution < -0.4 is 10.1 Å². The van der Waals surface area contributed by atoms with E-state index in [4.69, 9.17) is 15.0 Å². The SMILES string of the molecule is N=N/C(=C\NC1C(O)[C@@H](Oc2ccccc2)O[C@@H](CO)[C@@H]1O)c1cc(F)c(F)c(F)c1. The van der Waals surface area contributed by atoms with Crippen molar-refractivity contribution in [1.29, 1.82) is 5.53 Å². The number of benzene rings is 2. The maximum atomic E-state index is 13.5. The Balaban J connectivity index is 1.83. The smallest absolute Gasteiger partial charge is 0.228 e. The van der Waals surface area contributed by atoms with Crippen LogP contribution in [0.2, 0.25) is 0 Å². The Kier molecular flexibility index (Phi) is 7.23. The number of para-hydroxylation sites is 1. The van der Waals surface area contributed by atoms with Crippen molar-refractivity contribution < 1.29 is 38.0 Å². The molecule has 2 aromatic carbocycles. The van der Waals surface area contributed by atoms with Gasteiger partial charge in [-0.25, -0.2) is 18.7 Å². The minimum Gasteiger partial charge on any atom is -0.462 e. The summed E-state index contributed by atoms with van der Waals surface area (Å²) >= 11 is 0. The summed E-state index contributed by atoms with van der Waals surface area (Å²) in [7, 11) is 0. The van der Waals surface area contributed by atoms with Crippen LogP contribution in [0.4, 0.5) is 13.2 Å². The summed E-state index contributed by atoms with van der Waals surface area (Å²) in [6, 6.07) is 8.52. The molecule has 0 amide bonds. The Labute approximate surface area is 175 Å². The van der Waals surface area contributed by atoms with Crippen molar-refractivity contribution in [1.82, 2.24) is 5.32 Å². The standard InChI is InChI=1S/C20H20F3N3O5/c21-12-6-10(7-13(22)16(12)23)14(26-24)8-25-17-18(28)15(9-27)31-20(19(17)29)30-11-4-2-1-3-5-11/h1-8,15,17-20,24-25,27-29H,9H2/b14-8-,26-24?/t15-,17?,18-,19?,20-/m0/s1. The quantitative estimate of drug-likeness (QED) is 0.331. The van der Waals surface area contributed by atoms with Crippen molar-refractivity contribution in [3.8, 4) is 5.75 Å². The zero-order valence-corrected chi connectivity index (χ0v) is 16.0. The summed E-state index contributed by atoms with van der Waals surface area (Å²) in [5.41, 5.74) is 6.69. The first-order chi connectivity index (χ1) is 14.8. The molecule has 5 atom stereocenters. The zero-order chi connectivity index (χ0) is 22.5. The van der Waals surface area contributed by atoms with Gasteiger partial charge in [0.1, 0.15) is 29.8 Å². The molecule has 3 rings (SSSR count). The molecule has 1 aliphatic heterocycles. The van der Waals surface area contributed by atoms with Crippen molar-refractivity contribution in [2.75, 3.05) is 6.61 Å². The maximum absolute atomic E-state index is 13.5. The van der Waals surface area contributed by atoms with Gasteiger partial charge >= 0.3 is 0 Å². The highest BCUT2D eigenvalue weighted by Gasteiger charge is 2.45. The molecule has 0 aliphatic carbocycles. The predicted molar refractivity (Wildman–Crippen MR) is 101 cm³/mol. The molecular weight excluding hydrogens is 419 g/mol. The highest BCUT2D eigenvalue weighted by Crippen LogP contribution is 2.25. The minimum atomic E-state index is -1.66. The van der Waals surface area contributed by atoms with Gasteiger partial charge in [0, 0.05) is 11.8 Å². The van der Waals surface area contributed by atoms with Gasteiger partial charge in [0.25, 0.3) is 0 Å². The Morgan fingerprint density at radius 1 is 1.13 bits per heavy atom. The minimum absolute atomic E-state index is 0.245. The summed E-state index contributed by atoms with van der Waals surface area (Å²) < 4.78 is 51.2. The van der Waals surface area contributed by atoms with Crippen LogP contribution >= 0.6 is 0 Å². The first-order valence-corrected chi connectivity index (χ1v) is 9.18. The van der Waals surface area contributed by atoms with Crippen molar-refractivity contribution in [2.24, 2.45) is 5.11 Å². The lowest BCUT2D eigenvalue weighted by Crippen LogP contribution is -2.64. The van der Waals surface area contributed by atoms with E-state index < -0.39 is 54.7 Å². The molecule has 8 nitrogen and oxygen atoms in total. The Morgan fingerprint density at radius 2 is 1.77 bits per heavy atom. The van der Waals surface area contributed by atoms with E-state index in [9.17, 15) is 28.5 Å². The normalized spacial score (nSPS) is 26.4. The molecule has 0 spiro atoms. The second-order valence-electron chi connectivity index (χ2n) is 6.73. The fourth-order valence-electron chi connectivity index (χ4n) is 3.07. The number of rotatable bonds is 7. The van der Waals surface area contributed by atoms with E-state index in [0.717, 1.165) is 6.20 Å². The van der Waals surface area contributed by atoms with Crippen molar-refractivity contribution in [3.63, 3.8) is 0 Å². The van der Waals surface area contributed by atoms with E-state index in [1.54, 1.807) is 30.3 Å². The van der Waals surface area contributed by atoms with E-state index in [1.165, 1.54) is 0 Å². The number of halogens is 3. The van der Waals surface area contributed by atoms with E-state index in [2.05, 4.69) is 10.4 Å². The van der Waals surface area contributed by atoms with Crippen molar-refractivity contribution in [2.45, 2.75) is 30.6 Å². The molecule has 0 saturated carbocycles. The molecule has 166 valence electrons. The molecule has 31 heavy (non-hydrogen) atoms. The number of aliphatic hydroxyl groups excluding tert-OH is 3. The zero-order valence-electron chi connectivity index (χ0n) is 16.0. The Morgan fingerprint density at radius 3 is 2.35 bits per heavy atom. The van der Waals surface area contributed by atoms with E-state index in [1.807, 2.05) is 0 Å². The molecular formula is C20H20F3N3O5. The van der Waals surface area contributed by atoms with Crippen LogP contribution in [-0.2, 0) is 4.74 Å². The van der Waals surface area contributed by atoms with Gasteiger partial charge in [-0.05, 0) is 24.3 Å². The summed E-state index contributed by atoms with van der Waals surface area (Å²) in [5, 5.41) is 36.3. The average Bonchev–Trinajstić information content (AvgIpc) is 2.77. The van der Waals surface area contributed by atoms with E-state index in [-0.39, 0.29) is 11.3 Å². The lowest BCUT2D eigenvalue weighted by atomic mass is 9.96. The highest BCUT2D eigenvalue weighted by molar-refractivity contribution is 5.63. The number of hydrogen-bond acceptors (Lipinski definition) is 8. The van der Waals surface area contributed by atoms with Gasteiger partial charge in [0.05, 0.1) is 12.6 Å². The molecule has 11 heteroatoms. The van der Waals surface area contributed by atoms with Crippen LogP contribution in [0.3, 0.4) is 0 Å². The molecule has 1 fully saturated rings. The fraction of sp³-hybridized carbons (Fsp3) is 0.300. The summed E-state index contributed by atoms with van der Waals surface area (Å²) in [5.74, 6) is -4.23. The molecule has 2 aromatic rings. The number of ether oxygens (including phenoxy) is 2. The third-order valence-electron chi connectivity index (χ3n) is 4.69. The number of nitrogens with zero attached hydrogens (tertiary/aromatic N) is 1. The summed E-state index contributed by atoms with van der Waals surface area (Å²) in [4.78, 5) is 0. The monoisotopic (exact) mass is 439 g/mol. The molecule has 0 bridgehead atoms. The van der Waals surface area contributed by atoms with Crippen LogP contribution in [0.1, 0.15) is 5.56 Å². The van der Waals surface area contributed by atoms with Gasteiger partial charge in [-0.1, -0.05) is 18.2 Å². The second kappa shape index (κ2) is 9.88. The molecule has 1 heterocycles. The lowest BCUT2D eigenvalue weighted by Gasteiger charge is -2.42. The molecule has 0 aromatic heterocycles. The summed E-state index contributed by atoms with van der Waals surface area (Å²) in [6.07, 6.45) is -4.25. The third-order valence-corrected chi connectivity index (χ3v) is 4.69. The molecule has 1 aliphatic rings. The number of hydrogen-bond donors (Lipinski definition) is 5. The fourth-order valence-corrected chi connectivity index (χ4v) is 3.07. The topological polar surface area (TPSA) is 127 Å².